The van der Waals surface area contributed by atoms with Gasteiger partial charge in [0.15, 0.2) is 0 Å². The molecule has 1 aromatic heterocycles. The maximum absolute atomic E-state index is 11.1. The standard InChI is InChI=1S/C9H12N2O2S/c1-11-3-2-6-4-7(9(12)10-13)14-8(6)5-11/h4,13H,2-3,5H2,1H3,(H,10,12). The Labute approximate surface area is 86.1 Å². The summed E-state index contributed by atoms with van der Waals surface area (Å²) in [5.74, 6) is -0.410. The fraction of sp³-hybridized carbons (Fsp3) is 0.444. The van der Waals surface area contributed by atoms with Crippen molar-refractivity contribution in [3.8, 4) is 0 Å². The van der Waals surface area contributed by atoms with Gasteiger partial charge in [0.05, 0.1) is 4.88 Å². The largest absolute Gasteiger partial charge is 0.301 e. The molecule has 0 bridgehead atoms. The lowest BCUT2D eigenvalue weighted by molar-refractivity contribution is 0.0711. The second-order valence-corrected chi connectivity index (χ2v) is 4.62. The van der Waals surface area contributed by atoms with Crippen LogP contribution in [0.4, 0.5) is 0 Å². The summed E-state index contributed by atoms with van der Waals surface area (Å²) in [6.45, 7) is 1.93. The van der Waals surface area contributed by atoms with Crippen molar-refractivity contribution in [2.24, 2.45) is 0 Å². The van der Waals surface area contributed by atoms with E-state index in [4.69, 9.17) is 5.21 Å². The van der Waals surface area contributed by atoms with Crippen LogP contribution in [0.2, 0.25) is 0 Å². The highest BCUT2D eigenvalue weighted by atomic mass is 32.1. The number of hydrogen-bond acceptors (Lipinski definition) is 4. The Hall–Kier alpha value is -0.910. The van der Waals surface area contributed by atoms with E-state index < -0.39 is 5.91 Å². The van der Waals surface area contributed by atoms with Crippen molar-refractivity contribution in [3.63, 3.8) is 0 Å². The average Bonchev–Trinajstić information content (AvgIpc) is 2.59. The Morgan fingerprint density at radius 3 is 3.21 bits per heavy atom. The highest BCUT2D eigenvalue weighted by molar-refractivity contribution is 7.14. The van der Waals surface area contributed by atoms with Crippen molar-refractivity contribution in [2.75, 3.05) is 13.6 Å². The molecule has 1 amide bonds. The molecule has 1 aliphatic rings. The summed E-state index contributed by atoms with van der Waals surface area (Å²) >= 11 is 1.46. The monoisotopic (exact) mass is 212 g/mol. The fourth-order valence-electron chi connectivity index (χ4n) is 1.61. The summed E-state index contributed by atoms with van der Waals surface area (Å²) in [5.41, 5.74) is 2.90. The Bertz CT molecular complexity index is 362. The molecule has 0 radical (unpaired) electrons. The van der Waals surface area contributed by atoms with Gasteiger partial charge in [-0.05, 0) is 25.1 Å². The number of amides is 1. The SMILES string of the molecule is CN1CCc2cc(C(=O)NO)sc2C1. The van der Waals surface area contributed by atoms with Crippen LogP contribution in [0.1, 0.15) is 20.1 Å². The molecule has 0 unspecified atom stereocenters. The minimum Gasteiger partial charge on any atom is -0.301 e. The van der Waals surface area contributed by atoms with E-state index in [0.717, 1.165) is 19.5 Å². The van der Waals surface area contributed by atoms with Crippen molar-refractivity contribution in [2.45, 2.75) is 13.0 Å². The van der Waals surface area contributed by atoms with Gasteiger partial charge in [-0.2, -0.15) is 0 Å². The number of thiophene rings is 1. The summed E-state index contributed by atoms with van der Waals surface area (Å²) in [4.78, 5) is 15.2. The predicted octanol–water partition coefficient (Wildman–Crippen LogP) is 0.855. The molecule has 5 heteroatoms. The van der Waals surface area contributed by atoms with E-state index in [0.29, 0.717) is 4.88 Å². The molecule has 14 heavy (non-hydrogen) atoms. The normalized spacial score (nSPS) is 16.4. The number of rotatable bonds is 1. The third-order valence-electron chi connectivity index (χ3n) is 2.40. The van der Waals surface area contributed by atoms with Gasteiger partial charge in [0, 0.05) is 18.0 Å². The van der Waals surface area contributed by atoms with Crippen molar-refractivity contribution in [3.05, 3.63) is 21.4 Å². The molecule has 0 atom stereocenters. The summed E-state index contributed by atoms with van der Waals surface area (Å²) in [5, 5.41) is 8.50. The molecular weight excluding hydrogens is 200 g/mol. The minimum atomic E-state index is -0.410. The molecule has 0 saturated heterocycles. The minimum absolute atomic E-state index is 0.410. The molecule has 4 nitrogen and oxygen atoms in total. The molecule has 1 aromatic rings. The summed E-state index contributed by atoms with van der Waals surface area (Å²) in [7, 11) is 2.06. The van der Waals surface area contributed by atoms with Crippen molar-refractivity contribution >= 4 is 17.2 Å². The zero-order valence-electron chi connectivity index (χ0n) is 7.91. The number of fused-ring (bicyclic) bond motifs is 1. The van der Waals surface area contributed by atoms with E-state index >= 15 is 0 Å². The molecule has 1 aliphatic heterocycles. The molecule has 2 heterocycles. The Balaban J connectivity index is 2.27. The van der Waals surface area contributed by atoms with Crippen LogP contribution in [0, 0.1) is 0 Å². The maximum atomic E-state index is 11.1. The number of hydroxylamine groups is 1. The first-order valence-electron chi connectivity index (χ1n) is 4.45. The topological polar surface area (TPSA) is 52.6 Å². The van der Waals surface area contributed by atoms with Crippen LogP contribution in [-0.2, 0) is 13.0 Å². The van der Waals surface area contributed by atoms with E-state index in [1.165, 1.54) is 21.8 Å². The third-order valence-corrected chi connectivity index (χ3v) is 3.56. The summed E-state index contributed by atoms with van der Waals surface area (Å²) in [6, 6.07) is 1.87. The second-order valence-electron chi connectivity index (χ2n) is 3.49. The van der Waals surface area contributed by atoms with Gasteiger partial charge in [-0.25, -0.2) is 5.48 Å². The van der Waals surface area contributed by atoms with Crippen molar-refractivity contribution < 1.29 is 10.0 Å². The predicted molar refractivity (Wildman–Crippen MR) is 53.6 cm³/mol. The smallest absolute Gasteiger partial charge is 0.284 e. The second kappa shape index (κ2) is 3.68. The van der Waals surface area contributed by atoms with Crippen molar-refractivity contribution in [1.29, 1.82) is 0 Å². The molecule has 2 rings (SSSR count). The summed E-state index contributed by atoms with van der Waals surface area (Å²) < 4.78 is 0. The van der Waals surface area contributed by atoms with E-state index in [1.807, 2.05) is 6.07 Å². The molecule has 76 valence electrons. The van der Waals surface area contributed by atoms with E-state index in [1.54, 1.807) is 5.48 Å². The van der Waals surface area contributed by atoms with Gasteiger partial charge in [-0.3, -0.25) is 10.0 Å². The van der Waals surface area contributed by atoms with Crippen LogP contribution >= 0.6 is 11.3 Å². The van der Waals surface area contributed by atoms with Crippen LogP contribution in [-0.4, -0.2) is 29.6 Å². The zero-order valence-corrected chi connectivity index (χ0v) is 8.73. The lowest BCUT2D eigenvalue weighted by atomic mass is 10.1. The van der Waals surface area contributed by atoms with Crippen LogP contribution in [0.25, 0.3) is 0 Å². The molecule has 0 fully saturated rings. The molecule has 0 aliphatic carbocycles. The number of carbonyl (C=O) groups is 1. The lowest BCUT2D eigenvalue weighted by Gasteiger charge is -2.21. The van der Waals surface area contributed by atoms with Gasteiger partial charge in [-0.15, -0.1) is 11.3 Å². The highest BCUT2D eigenvalue weighted by Gasteiger charge is 2.18. The first kappa shape index (κ1) is 9.64. The Morgan fingerprint density at radius 1 is 1.71 bits per heavy atom. The maximum Gasteiger partial charge on any atom is 0.284 e. The summed E-state index contributed by atoms with van der Waals surface area (Å²) in [6.07, 6.45) is 0.987. The van der Waals surface area contributed by atoms with Gasteiger partial charge < -0.3 is 4.90 Å². The molecule has 2 N–H and O–H groups in total. The van der Waals surface area contributed by atoms with E-state index in [-0.39, 0.29) is 0 Å². The Morgan fingerprint density at radius 2 is 2.50 bits per heavy atom. The molecular formula is C9H12N2O2S. The average molecular weight is 212 g/mol. The van der Waals surface area contributed by atoms with Crippen molar-refractivity contribution in [1.82, 2.24) is 10.4 Å². The van der Waals surface area contributed by atoms with E-state index in [9.17, 15) is 4.79 Å². The first-order chi connectivity index (χ1) is 6.70. The molecule has 0 saturated carbocycles. The zero-order chi connectivity index (χ0) is 10.1. The Kier molecular flexibility index (Phi) is 2.54. The van der Waals surface area contributed by atoms with Gasteiger partial charge in [0.25, 0.3) is 5.91 Å². The van der Waals surface area contributed by atoms with Crippen LogP contribution in [0.5, 0.6) is 0 Å². The van der Waals surface area contributed by atoms with Crippen LogP contribution in [0.15, 0.2) is 6.07 Å². The van der Waals surface area contributed by atoms with E-state index in [2.05, 4.69) is 11.9 Å². The van der Waals surface area contributed by atoms with Crippen LogP contribution < -0.4 is 5.48 Å². The number of hydrogen-bond donors (Lipinski definition) is 2. The molecule has 0 spiro atoms. The number of nitrogens with zero attached hydrogens (tertiary/aromatic N) is 1. The number of carbonyl (C=O) groups excluding carboxylic acids is 1. The quantitative estimate of drug-likeness (QED) is 0.536. The highest BCUT2D eigenvalue weighted by Crippen LogP contribution is 2.27. The molecule has 0 aromatic carbocycles. The van der Waals surface area contributed by atoms with Gasteiger partial charge in [0.2, 0.25) is 0 Å². The van der Waals surface area contributed by atoms with Gasteiger partial charge in [-0.1, -0.05) is 0 Å². The first-order valence-corrected chi connectivity index (χ1v) is 5.27. The van der Waals surface area contributed by atoms with Gasteiger partial charge >= 0.3 is 0 Å². The number of nitrogens with one attached hydrogen (secondary N) is 1. The third kappa shape index (κ3) is 1.66. The lowest BCUT2D eigenvalue weighted by Crippen LogP contribution is -2.24. The van der Waals surface area contributed by atoms with Gasteiger partial charge in [0.1, 0.15) is 0 Å². The fourth-order valence-corrected chi connectivity index (χ4v) is 2.80. The number of likely N-dealkylation sites (N-methyl/N-ethyl adjacent to an activating group) is 1. The van der Waals surface area contributed by atoms with Crippen LogP contribution in [0.3, 0.4) is 0 Å².